The first-order valence-corrected chi connectivity index (χ1v) is 11.8. The Balaban J connectivity index is 1.79. The number of thioether (sulfide) groups is 1. The zero-order valence-electron chi connectivity index (χ0n) is 16.3. The Morgan fingerprint density at radius 2 is 1.63 bits per heavy atom. The second-order valence-corrected chi connectivity index (χ2v) is 9.48. The van der Waals surface area contributed by atoms with E-state index in [-0.39, 0.29) is 6.61 Å². The lowest BCUT2D eigenvalue weighted by atomic mass is 9.98. The van der Waals surface area contributed by atoms with Gasteiger partial charge in [0.15, 0.2) is 6.61 Å². The Morgan fingerprint density at radius 3 is 2.17 bits per heavy atom. The lowest BCUT2D eigenvalue weighted by Crippen LogP contribution is -2.09. The van der Waals surface area contributed by atoms with Gasteiger partial charge in [-0.2, -0.15) is 0 Å². The number of aliphatic carboxylic acids is 1. The van der Waals surface area contributed by atoms with E-state index >= 15 is 0 Å². The molecule has 0 atom stereocenters. The molecule has 0 saturated heterocycles. The molecule has 0 saturated carbocycles. The maximum absolute atomic E-state index is 10.7. The van der Waals surface area contributed by atoms with Gasteiger partial charge in [0.1, 0.15) is 5.75 Å². The fraction of sp³-hybridized carbons (Fsp3) is 0.125. The van der Waals surface area contributed by atoms with E-state index in [1.807, 2.05) is 49.4 Å². The Kier molecular flexibility index (Phi) is 8.19. The molecule has 0 bridgehead atoms. The molecular weight excluding hydrogens is 528 g/mol. The predicted octanol–water partition coefficient (Wildman–Crippen LogP) is 7.21. The van der Waals surface area contributed by atoms with Crippen molar-refractivity contribution in [2.45, 2.75) is 11.8 Å². The van der Waals surface area contributed by atoms with Gasteiger partial charge in [0.2, 0.25) is 0 Å². The summed E-state index contributed by atoms with van der Waals surface area (Å²) in [7, 11) is 0. The van der Waals surface area contributed by atoms with Crippen molar-refractivity contribution >= 4 is 55.2 Å². The highest BCUT2D eigenvalue weighted by atomic mass is 79.9. The molecule has 0 fully saturated rings. The molecule has 1 N–H and O–H groups in total. The quantitative estimate of drug-likeness (QED) is 0.303. The van der Waals surface area contributed by atoms with E-state index in [2.05, 4.69) is 62.2 Å². The van der Waals surface area contributed by atoms with E-state index in [1.54, 1.807) is 11.8 Å². The van der Waals surface area contributed by atoms with Gasteiger partial charge in [-0.3, -0.25) is 0 Å². The van der Waals surface area contributed by atoms with E-state index in [1.165, 1.54) is 5.57 Å². The van der Waals surface area contributed by atoms with Gasteiger partial charge in [-0.15, -0.1) is 11.8 Å². The van der Waals surface area contributed by atoms with Crippen LogP contribution in [0.1, 0.15) is 16.7 Å². The van der Waals surface area contributed by atoms with E-state index in [4.69, 9.17) is 9.84 Å². The summed E-state index contributed by atoms with van der Waals surface area (Å²) in [6.45, 7) is 1.59. The number of carboxylic acids is 1. The molecule has 6 heteroatoms. The van der Waals surface area contributed by atoms with Crippen LogP contribution in [0, 0.1) is 6.92 Å². The standard InChI is InChI=1S/C24H20Br2O3S/c1-16-12-21(8-9-23(16)29-15-24(27)28)30-11-10-22(17-4-2-6-19(25)13-17)18-5-3-7-20(26)14-18/h2-10,12-14H,11,15H2,1H3,(H,27,28). The summed E-state index contributed by atoms with van der Waals surface area (Å²) < 4.78 is 7.39. The van der Waals surface area contributed by atoms with Crippen molar-refractivity contribution in [3.8, 4) is 5.75 Å². The molecule has 0 unspecified atom stereocenters. The molecule has 0 amide bonds. The fourth-order valence-corrected chi connectivity index (χ4v) is 4.61. The number of rotatable bonds is 8. The summed E-state index contributed by atoms with van der Waals surface area (Å²) >= 11 is 8.86. The van der Waals surface area contributed by atoms with Gasteiger partial charge in [0.25, 0.3) is 0 Å². The zero-order chi connectivity index (χ0) is 21.5. The third-order valence-corrected chi connectivity index (χ3v) is 6.21. The minimum Gasteiger partial charge on any atom is -0.482 e. The molecule has 0 aliphatic carbocycles. The average Bonchev–Trinajstić information content (AvgIpc) is 2.70. The van der Waals surface area contributed by atoms with Crippen LogP contribution in [0.3, 0.4) is 0 Å². The van der Waals surface area contributed by atoms with E-state index in [0.29, 0.717) is 5.75 Å². The average molecular weight is 548 g/mol. The van der Waals surface area contributed by atoms with Crippen molar-refractivity contribution in [2.75, 3.05) is 12.4 Å². The summed E-state index contributed by atoms with van der Waals surface area (Å²) in [5, 5.41) is 8.77. The summed E-state index contributed by atoms with van der Waals surface area (Å²) in [5.41, 5.74) is 4.39. The van der Waals surface area contributed by atoms with Crippen LogP contribution in [0.2, 0.25) is 0 Å². The van der Waals surface area contributed by atoms with Gasteiger partial charge < -0.3 is 9.84 Å². The van der Waals surface area contributed by atoms with Crippen LogP contribution in [0.15, 0.2) is 86.6 Å². The highest BCUT2D eigenvalue weighted by Gasteiger charge is 2.08. The third kappa shape index (κ3) is 6.49. The van der Waals surface area contributed by atoms with Crippen LogP contribution in [0.4, 0.5) is 0 Å². The molecule has 0 radical (unpaired) electrons. The second kappa shape index (κ2) is 10.8. The number of carboxylic acid groups (broad SMARTS) is 1. The van der Waals surface area contributed by atoms with Crippen molar-refractivity contribution < 1.29 is 14.6 Å². The van der Waals surface area contributed by atoms with E-state index in [9.17, 15) is 4.79 Å². The maximum Gasteiger partial charge on any atom is 0.341 e. The van der Waals surface area contributed by atoms with Gasteiger partial charge in [0.05, 0.1) is 0 Å². The first-order chi connectivity index (χ1) is 14.4. The van der Waals surface area contributed by atoms with Crippen LogP contribution in [-0.2, 0) is 4.79 Å². The molecule has 0 spiro atoms. The predicted molar refractivity (Wildman–Crippen MR) is 130 cm³/mol. The molecule has 154 valence electrons. The SMILES string of the molecule is Cc1cc(SCC=C(c2cccc(Br)c2)c2cccc(Br)c2)ccc1OCC(=O)O. The minimum absolute atomic E-state index is 0.335. The number of halogens is 2. The topological polar surface area (TPSA) is 46.5 Å². The maximum atomic E-state index is 10.7. The summed E-state index contributed by atoms with van der Waals surface area (Å²) in [6, 6.07) is 22.4. The molecule has 0 heterocycles. The highest BCUT2D eigenvalue weighted by molar-refractivity contribution is 9.10. The van der Waals surface area contributed by atoms with E-state index in [0.717, 1.165) is 36.3 Å². The fourth-order valence-electron chi connectivity index (χ4n) is 2.95. The monoisotopic (exact) mass is 546 g/mol. The van der Waals surface area contributed by atoms with Crippen molar-refractivity contribution in [1.82, 2.24) is 0 Å². The molecule has 0 aliphatic rings. The largest absolute Gasteiger partial charge is 0.482 e. The van der Waals surface area contributed by atoms with Crippen LogP contribution in [0.5, 0.6) is 5.75 Å². The van der Waals surface area contributed by atoms with Crippen molar-refractivity contribution in [3.05, 3.63) is 98.4 Å². The molecule has 3 rings (SSSR count). The summed E-state index contributed by atoms with van der Waals surface area (Å²) in [4.78, 5) is 11.8. The molecule has 3 aromatic carbocycles. The van der Waals surface area contributed by atoms with Crippen molar-refractivity contribution in [1.29, 1.82) is 0 Å². The van der Waals surface area contributed by atoms with Gasteiger partial charge >= 0.3 is 5.97 Å². The number of aryl methyl sites for hydroxylation is 1. The van der Waals surface area contributed by atoms with Crippen molar-refractivity contribution in [3.63, 3.8) is 0 Å². The Bertz CT molecular complexity index is 1030. The Hall–Kier alpha value is -2.02. The summed E-state index contributed by atoms with van der Waals surface area (Å²) in [6.07, 6.45) is 2.23. The van der Waals surface area contributed by atoms with E-state index < -0.39 is 5.97 Å². The van der Waals surface area contributed by atoms with Crippen LogP contribution in [0.25, 0.3) is 5.57 Å². The van der Waals surface area contributed by atoms with Gasteiger partial charge in [0, 0.05) is 19.6 Å². The molecule has 3 nitrogen and oxygen atoms in total. The Morgan fingerprint density at radius 1 is 1.00 bits per heavy atom. The lowest BCUT2D eigenvalue weighted by Gasteiger charge is -2.11. The van der Waals surface area contributed by atoms with Gasteiger partial charge in [-0.25, -0.2) is 4.79 Å². The van der Waals surface area contributed by atoms with Gasteiger partial charge in [-0.1, -0.05) is 62.2 Å². The number of ether oxygens (including phenoxy) is 1. The molecule has 3 aromatic rings. The third-order valence-electron chi connectivity index (χ3n) is 4.31. The minimum atomic E-state index is -0.981. The second-order valence-electron chi connectivity index (χ2n) is 6.56. The first-order valence-electron chi connectivity index (χ1n) is 9.22. The number of carbonyl (C=O) groups is 1. The molecule has 0 aliphatic heterocycles. The Labute approximate surface area is 197 Å². The first kappa shape index (κ1) is 22.7. The van der Waals surface area contributed by atoms with Crippen LogP contribution >= 0.6 is 43.6 Å². The van der Waals surface area contributed by atoms with Crippen LogP contribution < -0.4 is 4.74 Å². The molecular formula is C24H20Br2O3S. The number of benzene rings is 3. The zero-order valence-corrected chi connectivity index (χ0v) is 20.3. The normalized spacial score (nSPS) is 10.5. The van der Waals surface area contributed by atoms with Crippen LogP contribution in [-0.4, -0.2) is 23.4 Å². The molecule has 30 heavy (non-hydrogen) atoms. The van der Waals surface area contributed by atoms with Crippen molar-refractivity contribution in [2.24, 2.45) is 0 Å². The number of hydrogen-bond acceptors (Lipinski definition) is 3. The number of hydrogen-bond donors (Lipinski definition) is 1. The summed E-state index contributed by atoms with van der Waals surface area (Å²) in [5.74, 6) is 0.412. The van der Waals surface area contributed by atoms with Gasteiger partial charge in [-0.05, 0) is 71.7 Å². The molecule has 0 aromatic heterocycles. The smallest absolute Gasteiger partial charge is 0.341 e. The lowest BCUT2D eigenvalue weighted by molar-refractivity contribution is -0.139. The highest BCUT2D eigenvalue weighted by Crippen LogP contribution is 2.30.